The minimum absolute atomic E-state index is 0.0628. The van der Waals surface area contributed by atoms with Gasteiger partial charge in [-0.15, -0.1) is 0 Å². The van der Waals surface area contributed by atoms with E-state index in [2.05, 4.69) is 0 Å². The van der Waals surface area contributed by atoms with E-state index in [4.69, 9.17) is 4.74 Å². The molecule has 0 N–H and O–H groups in total. The summed E-state index contributed by atoms with van der Waals surface area (Å²) in [6.45, 7) is 4.41. The van der Waals surface area contributed by atoms with Crippen LogP contribution in [0.1, 0.15) is 26.7 Å². The van der Waals surface area contributed by atoms with Crippen LogP contribution in [0.3, 0.4) is 0 Å². The van der Waals surface area contributed by atoms with Crippen LogP contribution in [0.2, 0.25) is 0 Å². The minimum atomic E-state index is -3.67. The molecule has 0 aliphatic carbocycles. The molecule has 0 unspecified atom stereocenters. The van der Waals surface area contributed by atoms with Crippen molar-refractivity contribution in [1.29, 1.82) is 0 Å². The molecule has 21 heavy (non-hydrogen) atoms. The van der Waals surface area contributed by atoms with Crippen molar-refractivity contribution in [2.75, 3.05) is 13.1 Å². The topological polar surface area (TPSA) is 89.8 Å². The van der Waals surface area contributed by atoms with E-state index in [0.29, 0.717) is 13.1 Å². The van der Waals surface area contributed by atoms with Gasteiger partial charge < -0.3 is 4.74 Å². The number of hydrogen-bond acceptors (Lipinski definition) is 5. The van der Waals surface area contributed by atoms with Crippen LogP contribution in [0, 0.1) is 10.1 Å². The van der Waals surface area contributed by atoms with Crippen LogP contribution in [-0.2, 0) is 10.0 Å². The summed E-state index contributed by atoms with van der Waals surface area (Å²) in [7, 11) is -3.67. The number of benzene rings is 1. The molecule has 0 radical (unpaired) electrons. The van der Waals surface area contributed by atoms with Gasteiger partial charge in [0.2, 0.25) is 10.0 Å². The molecule has 0 atom stereocenters. The van der Waals surface area contributed by atoms with Crippen LogP contribution in [-0.4, -0.2) is 36.8 Å². The number of nitrogens with zero attached hydrogens (tertiary/aromatic N) is 2. The van der Waals surface area contributed by atoms with E-state index >= 15 is 0 Å². The molecule has 1 saturated heterocycles. The third-order valence-electron chi connectivity index (χ3n) is 3.19. The fourth-order valence-electron chi connectivity index (χ4n) is 2.23. The van der Waals surface area contributed by atoms with Gasteiger partial charge in [0.25, 0.3) is 0 Å². The number of hydrogen-bond donors (Lipinski definition) is 0. The quantitative estimate of drug-likeness (QED) is 0.613. The van der Waals surface area contributed by atoms with E-state index in [1.807, 2.05) is 0 Å². The first-order chi connectivity index (χ1) is 9.82. The summed E-state index contributed by atoms with van der Waals surface area (Å²) in [6, 6.07) is 3.78. The molecular weight excluding hydrogens is 296 g/mol. The fourth-order valence-corrected chi connectivity index (χ4v) is 3.77. The smallest absolute Gasteiger partial charge is 0.312 e. The standard InChI is InChI=1S/C13H18N2O5S/c1-10(2)20-13-6-5-11(9-12(13)15(16)17)21(18,19)14-7-3-4-8-14/h5-6,9-10H,3-4,7-8H2,1-2H3. The Kier molecular flexibility index (Phi) is 4.48. The van der Waals surface area contributed by atoms with Gasteiger partial charge in [-0.25, -0.2) is 8.42 Å². The highest BCUT2D eigenvalue weighted by molar-refractivity contribution is 7.89. The molecule has 116 valence electrons. The van der Waals surface area contributed by atoms with Crippen molar-refractivity contribution in [3.8, 4) is 5.75 Å². The van der Waals surface area contributed by atoms with Crippen LogP contribution < -0.4 is 4.74 Å². The Morgan fingerprint density at radius 1 is 1.29 bits per heavy atom. The third kappa shape index (κ3) is 3.33. The Labute approximate surface area is 123 Å². The second-order valence-electron chi connectivity index (χ2n) is 5.16. The zero-order valence-corrected chi connectivity index (χ0v) is 12.8. The maximum atomic E-state index is 12.4. The van der Waals surface area contributed by atoms with Gasteiger partial charge in [0.05, 0.1) is 15.9 Å². The second kappa shape index (κ2) is 5.98. The van der Waals surface area contributed by atoms with Gasteiger partial charge in [-0.1, -0.05) is 0 Å². The molecule has 2 rings (SSSR count). The van der Waals surface area contributed by atoms with E-state index in [-0.39, 0.29) is 22.4 Å². The van der Waals surface area contributed by atoms with E-state index in [1.54, 1.807) is 13.8 Å². The molecule has 1 fully saturated rings. The van der Waals surface area contributed by atoms with Crippen molar-refractivity contribution in [2.24, 2.45) is 0 Å². The molecule has 0 spiro atoms. The highest BCUT2D eigenvalue weighted by atomic mass is 32.2. The first-order valence-electron chi connectivity index (χ1n) is 6.77. The predicted molar refractivity (Wildman–Crippen MR) is 76.9 cm³/mol. The monoisotopic (exact) mass is 314 g/mol. The van der Waals surface area contributed by atoms with Crippen molar-refractivity contribution < 1.29 is 18.1 Å². The maximum Gasteiger partial charge on any atom is 0.312 e. The summed E-state index contributed by atoms with van der Waals surface area (Å²) in [5.74, 6) is 0.0790. The summed E-state index contributed by atoms with van der Waals surface area (Å²) in [5, 5.41) is 11.1. The van der Waals surface area contributed by atoms with Gasteiger partial charge in [-0.05, 0) is 38.8 Å². The average molecular weight is 314 g/mol. The maximum absolute atomic E-state index is 12.4. The number of nitro benzene ring substituents is 1. The highest BCUT2D eigenvalue weighted by Gasteiger charge is 2.29. The van der Waals surface area contributed by atoms with Crippen LogP contribution in [0.15, 0.2) is 23.1 Å². The number of rotatable bonds is 5. The molecule has 0 amide bonds. The van der Waals surface area contributed by atoms with Gasteiger partial charge >= 0.3 is 5.69 Å². The van der Waals surface area contributed by atoms with E-state index in [1.165, 1.54) is 16.4 Å². The van der Waals surface area contributed by atoms with Crippen molar-refractivity contribution in [2.45, 2.75) is 37.7 Å². The van der Waals surface area contributed by atoms with Gasteiger partial charge in [-0.3, -0.25) is 10.1 Å². The van der Waals surface area contributed by atoms with E-state index in [9.17, 15) is 18.5 Å². The molecule has 8 heteroatoms. The lowest BCUT2D eigenvalue weighted by Crippen LogP contribution is -2.27. The van der Waals surface area contributed by atoms with Crippen molar-refractivity contribution >= 4 is 15.7 Å². The zero-order chi connectivity index (χ0) is 15.6. The lowest BCUT2D eigenvalue weighted by Gasteiger charge is -2.16. The van der Waals surface area contributed by atoms with Gasteiger partial charge in [0, 0.05) is 19.2 Å². The number of sulfonamides is 1. The summed E-state index contributed by atoms with van der Waals surface area (Å²) >= 11 is 0. The normalized spacial score (nSPS) is 16.3. The van der Waals surface area contributed by atoms with Crippen molar-refractivity contribution in [3.63, 3.8) is 0 Å². The van der Waals surface area contributed by atoms with E-state index in [0.717, 1.165) is 18.9 Å². The molecule has 0 saturated carbocycles. The molecule has 0 aromatic heterocycles. The summed E-state index contributed by atoms with van der Waals surface area (Å²) in [5.41, 5.74) is -0.330. The minimum Gasteiger partial charge on any atom is -0.484 e. The number of nitro groups is 1. The SMILES string of the molecule is CC(C)Oc1ccc(S(=O)(=O)N2CCCC2)cc1[N+](=O)[O-]. The Balaban J connectivity index is 2.42. The largest absolute Gasteiger partial charge is 0.484 e. The van der Waals surface area contributed by atoms with Crippen molar-refractivity contribution in [1.82, 2.24) is 4.31 Å². The Morgan fingerprint density at radius 3 is 2.43 bits per heavy atom. The van der Waals surface area contributed by atoms with Crippen LogP contribution in [0.4, 0.5) is 5.69 Å². The van der Waals surface area contributed by atoms with Crippen LogP contribution in [0.5, 0.6) is 5.75 Å². The third-order valence-corrected chi connectivity index (χ3v) is 5.09. The first-order valence-corrected chi connectivity index (χ1v) is 8.21. The Bertz CT molecular complexity index is 636. The molecule has 1 heterocycles. The van der Waals surface area contributed by atoms with Crippen LogP contribution >= 0.6 is 0 Å². The number of ether oxygens (including phenoxy) is 1. The van der Waals surface area contributed by atoms with Gasteiger partial charge in [0.15, 0.2) is 5.75 Å². The molecule has 1 aliphatic rings. The molecule has 1 aromatic rings. The average Bonchev–Trinajstić information content (AvgIpc) is 2.92. The molecule has 1 aromatic carbocycles. The van der Waals surface area contributed by atoms with E-state index < -0.39 is 14.9 Å². The van der Waals surface area contributed by atoms with Crippen molar-refractivity contribution in [3.05, 3.63) is 28.3 Å². The van der Waals surface area contributed by atoms with Crippen LogP contribution in [0.25, 0.3) is 0 Å². The molecule has 7 nitrogen and oxygen atoms in total. The fraction of sp³-hybridized carbons (Fsp3) is 0.538. The van der Waals surface area contributed by atoms with Gasteiger partial charge in [0.1, 0.15) is 0 Å². The first kappa shape index (κ1) is 15.7. The highest BCUT2D eigenvalue weighted by Crippen LogP contribution is 2.32. The Hall–Kier alpha value is -1.67. The molecule has 1 aliphatic heterocycles. The predicted octanol–water partition coefficient (Wildman–Crippen LogP) is 2.17. The summed E-state index contributed by atoms with van der Waals surface area (Å²) < 4.78 is 31.5. The second-order valence-corrected chi connectivity index (χ2v) is 7.10. The Morgan fingerprint density at radius 2 is 1.90 bits per heavy atom. The summed E-state index contributed by atoms with van der Waals surface area (Å²) in [6.07, 6.45) is 1.40. The van der Waals surface area contributed by atoms with Gasteiger partial charge in [-0.2, -0.15) is 4.31 Å². The summed E-state index contributed by atoms with van der Waals surface area (Å²) in [4.78, 5) is 10.4. The molecular formula is C13H18N2O5S. The zero-order valence-electron chi connectivity index (χ0n) is 12.0. The lowest BCUT2D eigenvalue weighted by atomic mass is 10.3. The lowest BCUT2D eigenvalue weighted by molar-refractivity contribution is -0.386. The molecule has 0 bridgehead atoms.